The summed E-state index contributed by atoms with van der Waals surface area (Å²) in [6.07, 6.45) is 0. The normalized spacial score (nSPS) is 11.2. The second kappa shape index (κ2) is 8.94. The number of methoxy groups -OCH3 is 2. The van der Waals surface area contributed by atoms with Crippen molar-refractivity contribution < 1.29 is 22.7 Å². The van der Waals surface area contributed by atoms with Gasteiger partial charge in [-0.2, -0.15) is 0 Å². The summed E-state index contributed by atoms with van der Waals surface area (Å²) in [6.45, 7) is 1.99. The number of carbonyl (C=O) groups is 1. The number of amides is 2. The molecular formula is C19H25N3O5S. The molecule has 0 unspecified atom stereocenters. The molecule has 2 aromatic carbocycles. The summed E-state index contributed by atoms with van der Waals surface area (Å²) in [5.74, 6) is 1.27. The zero-order chi connectivity index (χ0) is 20.9. The molecule has 2 N–H and O–H groups in total. The molecule has 0 atom stereocenters. The van der Waals surface area contributed by atoms with Gasteiger partial charge >= 0.3 is 6.03 Å². The summed E-state index contributed by atoms with van der Waals surface area (Å²) in [5, 5.41) is 5.43. The predicted molar refractivity (Wildman–Crippen MR) is 107 cm³/mol. The lowest BCUT2D eigenvalue weighted by molar-refractivity contribution is 0.251. The van der Waals surface area contributed by atoms with E-state index in [1.807, 2.05) is 0 Å². The van der Waals surface area contributed by atoms with Crippen LogP contribution in [0.3, 0.4) is 0 Å². The van der Waals surface area contributed by atoms with Crippen LogP contribution in [0.4, 0.5) is 10.5 Å². The van der Waals surface area contributed by atoms with Crippen molar-refractivity contribution in [2.75, 3.05) is 33.6 Å². The number of rotatable bonds is 7. The maximum atomic E-state index is 12.3. The first-order valence-corrected chi connectivity index (χ1v) is 9.92. The van der Waals surface area contributed by atoms with Crippen molar-refractivity contribution >= 4 is 21.7 Å². The van der Waals surface area contributed by atoms with Crippen LogP contribution >= 0.6 is 0 Å². The Labute approximate surface area is 165 Å². The minimum Gasteiger partial charge on any atom is -0.497 e. The van der Waals surface area contributed by atoms with Crippen LogP contribution in [0.5, 0.6) is 11.5 Å². The average molecular weight is 407 g/mol. The number of nitrogens with one attached hydrogen (secondary N) is 2. The van der Waals surface area contributed by atoms with Gasteiger partial charge in [-0.05, 0) is 42.8 Å². The van der Waals surface area contributed by atoms with E-state index < -0.39 is 16.1 Å². The Bertz CT molecular complexity index is 958. The number of anilines is 1. The Morgan fingerprint density at radius 2 is 1.79 bits per heavy atom. The first kappa shape index (κ1) is 21.5. The highest BCUT2D eigenvalue weighted by atomic mass is 32.2. The third-order valence-corrected chi connectivity index (χ3v) is 5.97. The van der Waals surface area contributed by atoms with E-state index in [0.717, 1.165) is 15.4 Å². The molecule has 0 radical (unpaired) electrons. The molecule has 0 aliphatic carbocycles. The highest BCUT2D eigenvalue weighted by Crippen LogP contribution is 2.24. The molecule has 0 aliphatic rings. The summed E-state index contributed by atoms with van der Waals surface area (Å²) in [4.78, 5) is 12.4. The largest absolute Gasteiger partial charge is 0.497 e. The summed E-state index contributed by atoms with van der Waals surface area (Å²) >= 11 is 0. The molecule has 0 aliphatic heterocycles. The molecule has 0 bridgehead atoms. The van der Waals surface area contributed by atoms with E-state index in [-0.39, 0.29) is 11.4 Å². The Morgan fingerprint density at radius 3 is 2.39 bits per heavy atom. The van der Waals surface area contributed by atoms with Crippen molar-refractivity contribution in [1.82, 2.24) is 9.62 Å². The van der Waals surface area contributed by atoms with Crippen LogP contribution < -0.4 is 20.1 Å². The first-order valence-electron chi connectivity index (χ1n) is 8.48. The van der Waals surface area contributed by atoms with E-state index in [2.05, 4.69) is 10.6 Å². The van der Waals surface area contributed by atoms with Gasteiger partial charge in [-0.25, -0.2) is 17.5 Å². The van der Waals surface area contributed by atoms with E-state index in [0.29, 0.717) is 17.2 Å². The third-order valence-electron chi connectivity index (χ3n) is 4.16. The summed E-state index contributed by atoms with van der Waals surface area (Å²) in [6, 6.07) is 9.43. The van der Waals surface area contributed by atoms with Crippen LogP contribution in [0, 0.1) is 6.92 Å². The standard InChI is InChI=1S/C19H25N3O5S/c1-13-6-8-16(28(24,25)22(2)3)11-17(13)21-19(23)20-12-14-10-15(26-4)7-9-18(14)27-5/h6-11H,12H2,1-5H3,(H2,20,21,23). The maximum Gasteiger partial charge on any atom is 0.319 e. The summed E-state index contributed by atoms with van der Waals surface area (Å²) in [7, 11) is 2.42. The lowest BCUT2D eigenvalue weighted by Gasteiger charge is -2.15. The molecule has 2 rings (SSSR count). The molecular weight excluding hydrogens is 382 g/mol. The highest BCUT2D eigenvalue weighted by Gasteiger charge is 2.18. The number of hydrogen-bond acceptors (Lipinski definition) is 5. The molecule has 0 aromatic heterocycles. The minimum absolute atomic E-state index is 0.105. The fourth-order valence-corrected chi connectivity index (χ4v) is 3.40. The third kappa shape index (κ3) is 4.93. The zero-order valence-corrected chi connectivity index (χ0v) is 17.4. The maximum absolute atomic E-state index is 12.3. The lowest BCUT2D eigenvalue weighted by Crippen LogP contribution is -2.29. The van der Waals surface area contributed by atoms with Crippen LogP contribution in [0.2, 0.25) is 0 Å². The summed E-state index contributed by atoms with van der Waals surface area (Å²) < 4.78 is 36.2. The van der Waals surface area contributed by atoms with Gasteiger partial charge in [-0.1, -0.05) is 6.07 Å². The molecule has 0 saturated carbocycles. The first-order chi connectivity index (χ1) is 13.2. The SMILES string of the molecule is COc1ccc(OC)c(CNC(=O)Nc2cc(S(=O)(=O)N(C)C)ccc2C)c1. The minimum atomic E-state index is -3.59. The van der Waals surface area contributed by atoms with Crippen molar-refractivity contribution in [3.63, 3.8) is 0 Å². The topological polar surface area (TPSA) is 97.0 Å². The van der Waals surface area contributed by atoms with Crippen LogP contribution in [0.15, 0.2) is 41.3 Å². The van der Waals surface area contributed by atoms with Crippen molar-refractivity contribution in [1.29, 1.82) is 0 Å². The van der Waals surface area contributed by atoms with Crippen molar-refractivity contribution in [3.05, 3.63) is 47.5 Å². The van der Waals surface area contributed by atoms with Gasteiger partial charge < -0.3 is 20.1 Å². The molecule has 152 valence electrons. The van der Waals surface area contributed by atoms with E-state index >= 15 is 0 Å². The number of urea groups is 1. The second-order valence-electron chi connectivity index (χ2n) is 6.25. The fourth-order valence-electron chi connectivity index (χ4n) is 2.47. The van der Waals surface area contributed by atoms with Crippen LogP contribution in [0.1, 0.15) is 11.1 Å². The van der Waals surface area contributed by atoms with Gasteiger partial charge in [0.25, 0.3) is 0 Å². The van der Waals surface area contributed by atoms with Gasteiger partial charge in [0, 0.05) is 31.9 Å². The predicted octanol–water partition coefficient (Wildman–Crippen LogP) is 2.58. The Kier molecular flexibility index (Phi) is 6.87. The average Bonchev–Trinajstić information content (AvgIpc) is 2.67. The second-order valence-corrected chi connectivity index (χ2v) is 8.40. The van der Waals surface area contributed by atoms with Crippen molar-refractivity contribution in [2.45, 2.75) is 18.4 Å². The van der Waals surface area contributed by atoms with Gasteiger partial charge in [0.1, 0.15) is 11.5 Å². The smallest absolute Gasteiger partial charge is 0.319 e. The molecule has 8 nitrogen and oxygen atoms in total. The van der Waals surface area contributed by atoms with Crippen LogP contribution in [0.25, 0.3) is 0 Å². The van der Waals surface area contributed by atoms with E-state index in [4.69, 9.17) is 9.47 Å². The Balaban J connectivity index is 2.14. The molecule has 0 saturated heterocycles. The Hall–Kier alpha value is -2.78. The Morgan fingerprint density at radius 1 is 1.07 bits per heavy atom. The number of ether oxygens (including phenoxy) is 2. The number of hydrogen-bond donors (Lipinski definition) is 2. The molecule has 0 fully saturated rings. The number of aryl methyl sites for hydroxylation is 1. The highest BCUT2D eigenvalue weighted by molar-refractivity contribution is 7.89. The number of benzene rings is 2. The van der Waals surface area contributed by atoms with E-state index in [9.17, 15) is 13.2 Å². The van der Waals surface area contributed by atoms with E-state index in [1.165, 1.54) is 26.2 Å². The van der Waals surface area contributed by atoms with Crippen molar-refractivity contribution in [3.8, 4) is 11.5 Å². The van der Waals surface area contributed by atoms with Crippen LogP contribution in [-0.2, 0) is 16.6 Å². The van der Waals surface area contributed by atoms with E-state index in [1.54, 1.807) is 45.4 Å². The number of sulfonamides is 1. The van der Waals surface area contributed by atoms with Crippen molar-refractivity contribution in [2.24, 2.45) is 0 Å². The molecule has 0 heterocycles. The van der Waals surface area contributed by atoms with Gasteiger partial charge in [-0.15, -0.1) is 0 Å². The molecule has 9 heteroatoms. The molecule has 0 spiro atoms. The zero-order valence-electron chi connectivity index (χ0n) is 16.6. The number of nitrogens with zero attached hydrogens (tertiary/aromatic N) is 1. The van der Waals surface area contributed by atoms with Gasteiger partial charge in [0.2, 0.25) is 10.0 Å². The molecule has 28 heavy (non-hydrogen) atoms. The monoisotopic (exact) mass is 407 g/mol. The molecule has 2 amide bonds. The number of carbonyl (C=O) groups excluding carboxylic acids is 1. The van der Waals surface area contributed by atoms with Crippen LogP contribution in [-0.4, -0.2) is 47.1 Å². The summed E-state index contributed by atoms with van der Waals surface area (Å²) in [5.41, 5.74) is 1.91. The quantitative estimate of drug-likeness (QED) is 0.735. The lowest BCUT2D eigenvalue weighted by atomic mass is 10.2. The van der Waals surface area contributed by atoms with Gasteiger partial charge in [0.05, 0.1) is 19.1 Å². The molecule has 2 aromatic rings. The van der Waals surface area contributed by atoms with Gasteiger partial charge in [0.15, 0.2) is 0 Å². The fraction of sp³-hybridized carbons (Fsp3) is 0.316. The van der Waals surface area contributed by atoms with Gasteiger partial charge in [-0.3, -0.25) is 0 Å².